The Morgan fingerprint density at radius 3 is 2.48 bits per heavy atom. The number of benzene rings is 1. The van der Waals surface area contributed by atoms with Crippen LogP contribution in [0.5, 0.6) is 0 Å². The molecule has 7 nitrogen and oxygen atoms in total. The minimum absolute atomic E-state index is 0.344. The number of aliphatic hydroxyl groups is 1. The average Bonchev–Trinajstić information content (AvgIpc) is 2.54. The van der Waals surface area contributed by atoms with E-state index in [2.05, 4.69) is 5.32 Å². The standard InChI is InChI=1S/C16H21NO6/c1-9-13(19)14(12(17-10(2)18)16(21-3)22-9)23-15(20)11-7-5-4-6-8-11/h4-9,12-14,16,19H,1-3H3,(H,17,18)/t9-,12-,13-,14-,16+/m1/s1. The van der Waals surface area contributed by atoms with Gasteiger partial charge in [0.05, 0.1) is 11.7 Å². The number of carbonyl (C=O) groups excluding carboxylic acids is 2. The molecule has 0 saturated carbocycles. The number of methoxy groups -OCH3 is 1. The van der Waals surface area contributed by atoms with E-state index in [0.29, 0.717) is 5.56 Å². The van der Waals surface area contributed by atoms with E-state index in [1.54, 1.807) is 37.3 Å². The molecule has 1 heterocycles. The van der Waals surface area contributed by atoms with Gasteiger partial charge < -0.3 is 24.6 Å². The van der Waals surface area contributed by atoms with E-state index >= 15 is 0 Å². The molecule has 5 atom stereocenters. The summed E-state index contributed by atoms with van der Waals surface area (Å²) in [6.45, 7) is 2.97. The van der Waals surface area contributed by atoms with Crippen molar-refractivity contribution in [2.75, 3.05) is 7.11 Å². The van der Waals surface area contributed by atoms with Gasteiger partial charge >= 0.3 is 5.97 Å². The predicted molar refractivity (Wildman–Crippen MR) is 80.6 cm³/mol. The van der Waals surface area contributed by atoms with Crippen molar-refractivity contribution < 1.29 is 28.9 Å². The molecule has 1 amide bonds. The Balaban J connectivity index is 2.22. The highest BCUT2D eigenvalue weighted by Gasteiger charge is 2.46. The van der Waals surface area contributed by atoms with Crippen LogP contribution in [0.25, 0.3) is 0 Å². The van der Waals surface area contributed by atoms with Crippen LogP contribution in [0, 0.1) is 0 Å². The van der Waals surface area contributed by atoms with Crippen LogP contribution in [-0.4, -0.2) is 54.7 Å². The third kappa shape index (κ3) is 4.07. The van der Waals surface area contributed by atoms with Gasteiger partial charge in [-0.2, -0.15) is 0 Å². The Morgan fingerprint density at radius 2 is 1.91 bits per heavy atom. The van der Waals surface area contributed by atoms with Crippen LogP contribution in [0.4, 0.5) is 0 Å². The van der Waals surface area contributed by atoms with Crippen molar-refractivity contribution in [3.63, 3.8) is 0 Å². The van der Waals surface area contributed by atoms with E-state index in [1.165, 1.54) is 14.0 Å². The molecular weight excluding hydrogens is 302 g/mol. The molecule has 0 unspecified atom stereocenters. The summed E-state index contributed by atoms with van der Waals surface area (Å²) in [4.78, 5) is 23.7. The molecule has 1 aromatic carbocycles. The van der Waals surface area contributed by atoms with Gasteiger partial charge in [-0.25, -0.2) is 4.79 Å². The molecule has 126 valence electrons. The number of amides is 1. The second-order valence-electron chi connectivity index (χ2n) is 5.40. The summed E-state index contributed by atoms with van der Waals surface area (Å²) in [5, 5.41) is 12.9. The van der Waals surface area contributed by atoms with E-state index in [4.69, 9.17) is 14.2 Å². The third-order valence-electron chi connectivity index (χ3n) is 3.67. The van der Waals surface area contributed by atoms with Gasteiger partial charge in [-0.3, -0.25) is 4.79 Å². The Morgan fingerprint density at radius 1 is 1.26 bits per heavy atom. The zero-order chi connectivity index (χ0) is 17.0. The molecule has 2 rings (SSSR count). The Bertz CT molecular complexity index is 549. The maximum Gasteiger partial charge on any atom is 0.338 e. The van der Waals surface area contributed by atoms with E-state index in [1.807, 2.05) is 0 Å². The van der Waals surface area contributed by atoms with Gasteiger partial charge in [0.15, 0.2) is 12.4 Å². The van der Waals surface area contributed by atoms with Gasteiger partial charge in [0.1, 0.15) is 12.1 Å². The summed E-state index contributed by atoms with van der Waals surface area (Å²) >= 11 is 0. The predicted octanol–water partition coefficient (Wildman–Crippen LogP) is 0.469. The molecule has 0 radical (unpaired) electrons. The molecule has 2 N–H and O–H groups in total. The van der Waals surface area contributed by atoms with Crippen molar-refractivity contribution in [3.8, 4) is 0 Å². The highest BCUT2D eigenvalue weighted by Crippen LogP contribution is 2.25. The lowest BCUT2D eigenvalue weighted by molar-refractivity contribution is -0.251. The number of esters is 1. The molecular formula is C16H21NO6. The molecule has 0 spiro atoms. The van der Waals surface area contributed by atoms with Gasteiger partial charge in [-0.15, -0.1) is 0 Å². The monoisotopic (exact) mass is 323 g/mol. The second-order valence-corrected chi connectivity index (χ2v) is 5.40. The molecule has 1 aromatic rings. The molecule has 0 aromatic heterocycles. The number of ether oxygens (including phenoxy) is 3. The number of aliphatic hydroxyl groups excluding tert-OH is 1. The second kappa shape index (κ2) is 7.54. The lowest BCUT2D eigenvalue weighted by atomic mass is 9.97. The minimum atomic E-state index is -1.09. The van der Waals surface area contributed by atoms with Gasteiger partial charge in [-0.05, 0) is 19.1 Å². The van der Waals surface area contributed by atoms with Crippen LogP contribution < -0.4 is 5.32 Å². The molecule has 1 saturated heterocycles. The molecule has 1 aliphatic heterocycles. The minimum Gasteiger partial charge on any atom is -0.453 e. The van der Waals surface area contributed by atoms with Gasteiger partial charge in [0, 0.05) is 14.0 Å². The summed E-state index contributed by atoms with van der Waals surface area (Å²) in [7, 11) is 1.42. The number of hydrogen-bond donors (Lipinski definition) is 2. The van der Waals surface area contributed by atoms with Crippen molar-refractivity contribution in [1.29, 1.82) is 0 Å². The molecule has 7 heteroatoms. The third-order valence-corrected chi connectivity index (χ3v) is 3.67. The molecule has 1 fully saturated rings. The Hall–Kier alpha value is -1.96. The van der Waals surface area contributed by atoms with Crippen molar-refractivity contribution in [3.05, 3.63) is 35.9 Å². The SMILES string of the molecule is CO[C@H]1O[C@H](C)[C@@H](O)[C@H](OC(=O)c2ccccc2)[C@H]1NC(C)=O. The first-order valence-electron chi connectivity index (χ1n) is 7.33. The molecule has 1 aliphatic rings. The van der Waals surface area contributed by atoms with Crippen molar-refractivity contribution in [1.82, 2.24) is 5.32 Å². The van der Waals surface area contributed by atoms with Crippen LogP contribution in [0.3, 0.4) is 0 Å². The molecule has 0 bridgehead atoms. The summed E-state index contributed by atoms with van der Waals surface area (Å²) < 4.78 is 16.1. The fourth-order valence-corrected chi connectivity index (χ4v) is 2.51. The number of nitrogens with one attached hydrogen (secondary N) is 1. The number of rotatable bonds is 4. The van der Waals surface area contributed by atoms with Crippen LogP contribution in [-0.2, 0) is 19.0 Å². The quantitative estimate of drug-likeness (QED) is 0.782. The Kier molecular flexibility index (Phi) is 5.70. The molecule has 0 aliphatic carbocycles. The van der Waals surface area contributed by atoms with Crippen molar-refractivity contribution in [2.24, 2.45) is 0 Å². The van der Waals surface area contributed by atoms with Gasteiger partial charge in [0.25, 0.3) is 0 Å². The summed E-state index contributed by atoms with van der Waals surface area (Å²) in [5.41, 5.74) is 0.356. The van der Waals surface area contributed by atoms with E-state index in [0.717, 1.165) is 0 Å². The number of hydrogen-bond acceptors (Lipinski definition) is 6. The molecule has 23 heavy (non-hydrogen) atoms. The van der Waals surface area contributed by atoms with Crippen molar-refractivity contribution in [2.45, 2.75) is 44.5 Å². The van der Waals surface area contributed by atoms with E-state index in [9.17, 15) is 14.7 Å². The first kappa shape index (κ1) is 17.4. The van der Waals surface area contributed by atoms with E-state index < -0.39 is 36.6 Å². The summed E-state index contributed by atoms with van der Waals surface area (Å²) in [6, 6.07) is 7.61. The van der Waals surface area contributed by atoms with Crippen LogP contribution >= 0.6 is 0 Å². The zero-order valence-corrected chi connectivity index (χ0v) is 13.3. The van der Waals surface area contributed by atoms with E-state index in [-0.39, 0.29) is 5.91 Å². The Labute approximate surface area is 134 Å². The lowest BCUT2D eigenvalue weighted by Gasteiger charge is -2.42. The maximum atomic E-state index is 12.3. The first-order chi connectivity index (χ1) is 10.9. The largest absolute Gasteiger partial charge is 0.453 e. The summed E-state index contributed by atoms with van der Waals surface area (Å²) in [5.74, 6) is -0.933. The maximum absolute atomic E-state index is 12.3. The topological polar surface area (TPSA) is 94.1 Å². The smallest absolute Gasteiger partial charge is 0.338 e. The fraction of sp³-hybridized carbons (Fsp3) is 0.500. The average molecular weight is 323 g/mol. The summed E-state index contributed by atoms with van der Waals surface area (Å²) in [6.07, 6.45) is -3.52. The van der Waals surface area contributed by atoms with Gasteiger partial charge in [-0.1, -0.05) is 18.2 Å². The fourth-order valence-electron chi connectivity index (χ4n) is 2.51. The van der Waals surface area contributed by atoms with Crippen LogP contribution in [0.2, 0.25) is 0 Å². The normalized spacial score (nSPS) is 30.5. The lowest BCUT2D eigenvalue weighted by Crippen LogP contribution is -2.64. The highest BCUT2D eigenvalue weighted by molar-refractivity contribution is 5.89. The van der Waals surface area contributed by atoms with Crippen LogP contribution in [0.1, 0.15) is 24.2 Å². The van der Waals surface area contributed by atoms with Gasteiger partial charge in [0.2, 0.25) is 5.91 Å². The highest BCUT2D eigenvalue weighted by atomic mass is 16.7. The first-order valence-corrected chi connectivity index (χ1v) is 7.33. The van der Waals surface area contributed by atoms with Crippen LogP contribution in [0.15, 0.2) is 30.3 Å². The van der Waals surface area contributed by atoms with Crippen molar-refractivity contribution >= 4 is 11.9 Å². The number of carbonyl (C=O) groups is 2. The zero-order valence-electron chi connectivity index (χ0n) is 13.3.